The number of rotatable bonds is 7. The second kappa shape index (κ2) is 11.8. The van der Waals surface area contributed by atoms with Gasteiger partial charge in [-0.15, -0.1) is 0 Å². The van der Waals surface area contributed by atoms with Gasteiger partial charge in [-0.25, -0.2) is 8.78 Å². The summed E-state index contributed by atoms with van der Waals surface area (Å²) < 4.78 is 117. The van der Waals surface area contributed by atoms with Gasteiger partial charge in [0, 0.05) is 23.7 Å². The molecule has 14 heteroatoms. The molecule has 3 aromatic rings. The third-order valence-corrected chi connectivity index (χ3v) is 6.62. The van der Waals surface area contributed by atoms with E-state index in [1.807, 2.05) is 0 Å². The van der Waals surface area contributed by atoms with Crippen LogP contribution in [0, 0.1) is 11.6 Å². The lowest BCUT2D eigenvalue weighted by Gasteiger charge is -2.17. The number of hydrogen-bond acceptors (Lipinski definition) is 5. The summed E-state index contributed by atoms with van der Waals surface area (Å²) >= 11 is 0.969. The van der Waals surface area contributed by atoms with Crippen LogP contribution in [0.4, 0.5) is 35.1 Å². The molecule has 0 saturated carbocycles. The zero-order valence-electron chi connectivity index (χ0n) is 20.8. The molecule has 0 aliphatic carbocycles. The van der Waals surface area contributed by atoms with Crippen LogP contribution in [0.1, 0.15) is 27.8 Å². The third-order valence-electron chi connectivity index (χ3n) is 5.68. The number of hydrogen-bond donors (Lipinski definition) is 1. The summed E-state index contributed by atoms with van der Waals surface area (Å²) in [6.45, 7) is -0.747. The molecule has 0 spiro atoms. The van der Waals surface area contributed by atoms with Crippen molar-refractivity contribution < 1.29 is 49.4 Å². The Hall–Kier alpha value is -4.07. The minimum absolute atomic E-state index is 0.00741. The van der Waals surface area contributed by atoms with Crippen LogP contribution in [0.25, 0.3) is 6.08 Å². The largest absolute Gasteiger partial charge is 0.493 e. The fourth-order valence-electron chi connectivity index (χ4n) is 3.66. The van der Waals surface area contributed by atoms with Gasteiger partial charge < -0.3 is 14.8 Å². The van der Waals surface area contributed by atoms with Gasteiger partial charge in [-0.1, -0.05) is 18.2 Å². The Morgan fingerprint density at radius 3 is 2.29 bits per heavy atom. The van der Waals surface area contributed by atoms with E-state index < -0.39 is 53.2 Å². The van der Waals surface area contributed by atoms with Crippen molar-refractivity contribution in [3.8, 4) is 11.5 Å². The van der Waals surface area contributed by atoms with Gasteiger partial charge in [0.1, 0.15) is 18.2 Å². The van der Waals surface area contributed by atoms with Crippen molar-refractivity contribution in [1.82, 2.24) is 5.32 Å². The van der Waals surface area contributed by atoms with Crippen LogP contribution in [0.3, 0.4) is 0 Å². The summed E-state index contributed by atoms with van der Waals surface area (Å²) in [6, 6.07) is 8.65. The number of ether oxygens (including phenoxy) is 2. The van der Waals surface area contributed by atoms with Crippen LogP contribution in [-0.4, -0.2) is 18.2 Å². The molecule has 0 fully saturated rings. The van der Waals surface area contributed by atoms with Crippen molar-refractivity contribution in [2.24, 2.45) is 4.99 Å². The van der Waals surface area contributed by atoms with Crippen LogP contribution in [-0.2, 0) is 30.3 Å². The average Bonchev–Trinajstić information content (AvgIpc) is 3.24. The first kappa shape index (κ1) is 29.9. The first-order valence-corrected chi connectivity index (χ1v) is 12.3. The monoisotopic (exact) mass is 602 g/mol. The van der Waals surface area contributed by atoms with E-state index >= 15 is 0 Å². The number of amidine groups is 1. The van der Waals surface area contributed by atoms with E-state index in [9.17, 15) is 39.9 Å². The number of benzene rings is 3. The second-order valence-corrected chi connectivity index (χ2v) is 9.52. The highest BCUT2D eigenvalue weighted by atomic mass is 32.2. The highest BCUT2D eigenvalue weighted by Crippen LogP contribution is 2.38. The van der Waals surface area contributed by atoms with Crippen molar-refractivity contribution in [3.05, 3.63) is 99.0 Å². The quantitative estimate of drug-likeness (QED) is 0.227. The van der Waals surface area contributed by atoms with Crippen LogP contribution >= 0.6 is 11.8 Å². The first-order chi connectivity index (χ1) is 19.2. The van der Waals surface area contributed by atoms with E-state index in [0.29, 0.717) is 17.7 Å². The molecule has 4 rings (SSSR count). The van der Waals surface area contributed by atoms with Gasteiger partial charge in [0.25, 0.3) is 5.91 Å². The number of thioether (sulfide) groups is 1. The highest BCUT2D eigenvalue weighted by molar-refractivity contribution is 8.18. The van der Waals surface area contributed by atoms with E-state index in [1.54, 1.807) is 0 Å². The van der Waals surface area contributed by atoms with Gasteiger partial charge in [-0.2, -0.15) is 31.3 Å². The van der Waals surface area contributed by atoms with E-state index in [0.717, 1.165) is 23.9 Å². The van der Waals surface area contributed by atoms with Gasteiger partial charge in [0.2, 0.25) is 0 Å². The predicted molar refractivity (Wildman–Crippen MR) is 135 cm³/mol. The second-order valence-electron chi connectivity index (χ2n) is 8.49. The lowest BCUT2D eigenvalue weighted by atomic mass is 10.0. The molecule has 5 nitrogen and oxygen atoms in total. The Balaban J connectivity index is 1.45. The maximum atomic E-state index is 13.8. The van der Waals surface area contributed by atoms with Crippen LogP contribution in [0.5, 0.6) is 11.5 Å². The summed E-state index contributed by atoms with van der Waals surface area (Å²) in [5.74, 6) is -1.98. The topological polar surface area (TPSA) is 59.9 Å². The average molecular weight is 603 g/mol. The molecule has 0 unspecified atom stereocenters. The standard InChI is InChI=1S/C27H18F8N2O3S/c1-39-22-8-14(9-23-24(38)37-25(41-23)36-12-15-4-6-18(28)11-20(15)29)2-7-21(22)40-13-16-3-5-17(26(30,31)32)10-19(16)27(33,34)35/h2-11H,12-13H2,1H3,(H,36,37,38). The number of amides is 1. The summed E-state index contributed by atoms with van der Waals surface area (Å²) in [7, 11) is 1.27. The minimum atomic E-state index is -5.05. The zero-order chi connectivity index (χ0) is 29.9. The SMILES string of the molecule is COc1cc(C=C2SC(NCc3ccc(F)cc3F)=NC2=O)ccc1OCc1ccc(C(F)(F)F)cc1C(F)(F)F. The van der Waals surface area contributed by atoms with Gasteiger partial charge in [-0.05, 0) is 53.7 Å². The number of carbonyl (C=O) groups is 1. The maximum absolute atomic E-state index is 13.8. The zero-order valence-corrected chi connectivity index (χ0v) is 21.6. The van der Waals surface area contributed by atoms with E-state index in [2.05, 4.69) is 10.3 Å². The number of carbonyl (C=O) groups excluding carboxylic acids is 1. The van der Waals surface area contributed by atoms with Gasteiger partial charge in [-0.3, -0.25) is 4.79 Å². The molecule has 0 aromatic heterocycles. The molecule has 216 valence electrons. The molecule has 3 aromatic carbocycles. The lowest BCUT2D eigenvalue weighted by Crippen LogP contribution is -2.19. The molecular formula is C27H18F8N2O3S. The van der Waals surface area contributed by atoms with Crippen LogP contribution < -0.4 is 14.8 Å². The number of nitrogens with one attached hydrogen (secondary N) is 1. The fraction of sp³-hybridized carbons (Fsp3) is 0.185. The summed E-state index contributed by atoms with van der Waals surface area (Å²) in [4.78, 5) is 16.4. The molecule has 0 saturated heterocycles. The predicted octanol–water partition coefficient (Wildman–Crippen LogP) is 7.35. The number of halogens is 8. The van der Waals surface area contributed by atoms with E-state index in [1.165, 1.54) is 37.5 Å². The Bertz CT molecular complexity index is 1530. The summed E-state index contributed by atoms with van der Waals surface area (Å²) in [5.41, 5.74) is -2.82. The molecule has 41 heavy (non-hydrogen) atoms. The van der Waals surface area contributed by atoms with E-state index in [-0.39, 0.29) is 39.7 Å². The van der Waals surface area contributed by atoms with Crippen LogP contribution in [0.15, 0.2) is 64.5 Å². The Labute approximate surface area is 231 Å². The van der Waals surface area contributed by atoms with Gasteiger partial charge >= 0.3 is 12.4 Å². The number of alkyl halides is 6. The minimum Gasteiger partial charge on any atom is -0.493 e. The van der Waals surface area contributed by atoms with Crippen molar-refractivity contribution in [2.45, 2.75) is 25.5 Å². The molecule has 0 bridgehead atoms. The highest BCUT2D eigenvalue weighted by Gasteiger charge is 2.38. The van der Waals surface area contributed by atoms with Crippen molar-refractivity contribution in [2.75, 3.05) is 7.11 Å². The van der Waals surface area contributed by atoms with Gasteiger partial charge in [0.05, 0.1) is 23.1 Å². The number of nitrogens with zero attached hydrogens (tertiary/aromatic N) is 1. The molecule has 1 N–H and O–H groups in total. The van der Waals surface area contributed by atoms with Crippen molar-refractivity contribution >= 4 is 28.9 Å². The molecule has 0 radical (unpaired) electrons. The Kier molecular flexibility index (Phi) is 8.61. The maximum Gasteiger partial charge on any atom is 0.416 e. The Morgan fingerprint density at radius 1 is 0.902 bits per heavy atom. The molecule has 1 heterocycles. The number of aliphatic imine (C=N–C) groups is 1. The first-order valence-electron chi connectivity index (χ1n) is 11.5. The molecule has 1 aliphatic heterocycles. The summed E-state index contributed by atoms with van der Waals surface area (Å²) in [5, 5.41) is 2.99. The van der Waals surface area contributed by atoms with Crippen LogP contribution in [0.2, 0.25) is 0 Å². The lowest BCUT2D eigenvalue weighted by molar-refractivity contribution is -0.143. The van der Waals surface area contributed by atoms with Crippen molar-refractivity contribution in [3.63, 3.8) is 0 Å². The molecular weight excluding hydrogens is 584 g/mol. The third kappa shape index (κ3) is 7.37. The number of methoxy groups -OCH3 is 1. The van der Waals surface area contributed by atoms with Crippen molar-refractivity contribution in [1.29, 1.82) is 0 Å². The molecule has 1 amide bonds. The van der Waals surface area contributed by atoms with Gasteiger partial charge in [0.15, 0.2) is 16.7 Å². The normalized spacial score (nSPS) is 14.8. The smallest absolute Gasteiger partial charge is 0.416 e. The van der Waals surface area contributed by atoms with E-state index in [4.69, 9.17) is 9.47 Å². The molecule has 1 aliphatic rings. The fourth-order valence-corrected chi connectivity index (χ4v) is 4.47. The summed E-state index contributed by atoms with van der Waals surface area (Å²) in [6.07, 6.45) is -8.53. The Morgan fingerprint density at radius 2 is 1.63 bits per heavy atom. The molecule has 0 atom stereocenters.